The summed E-state index contributed by atoms with van der Waals surface area (Å²) in [5.41, 5.74) is 23.8. The van der Waals surface area contributed by atoms with Crippen LogP contribution in [0.1, 0.15) is 16.7 Å². The van der Waals surface area contributed by atoms with Crippen LogP contribution in [0.25, 0.3) is 167 Å². The zero-order valence-corrected chi connectivity index (χ0v) is 52.8. The molecule has 3 aromatic heterocycles. The van der Waals surface area contributed by atoms with Crippen LogP contribution in [0, 0.1) is 34.0 Å². The van der Waals surface area contributed by atoms with Gasteiger partial charge in [-0.1, -0.05) is 206 Å². The minimum absolute atomic E-state index is 0.423. The van der Waals surface area contributed by atoms with E-state index in [1.807, 2.05) is 121 Å². The highest BCUT2D eigenvalue weighted by Crippen LogP contribution is 2.43. The Labute approximate surface area is 566 Å². The Balaban J connectivity index is 0.927. The van der Waals surface area contributed by atoms with E-state index in [-0.39, 0.29) is 0 Å². The van der Waals surface area contributed by atoms with Crippen molar-refractivity contribution in [1.82, 2.24) is 24.1 Å². The zero-order valence-electron chi connectivity index (χ0n) is 52.8. The van der Waals surface area contributed by atoms with E-state index in [0.29, 0.717) is 34.2 Å². The van der Waals surface area contributed by atoms with E-state index in [0.717, 1.165) is 150 Å². The van der Waals surface area contributed by atoms with Gasteiger partial charge in [0.15, 0.2) is 17.5 Å². The van der Waals surface area contributed by atoms with Crippen LogP contribution >= 0.6 is 0 Å². The monoisotopic (exact) mass is 1250 g/mol. The van der Waals surface area contributed by atoms with Crippen LogP contribution in [0.2, 0.25) is 0 Å². The lowest BCUT2D eigenvalue weighted by molar-refractivity contribution is 1.07. The van der Waals surface area contributed by atoms with Crippen molar-refractivity contribution >= 4 is 43.6 Å². The van der Waals surface area contributed by atoms with Gasteiger partial charge in [0.1, 0.15) is 0 Å². The molecule has 0 unspecified atom stereocenters. The molecule has 0 aliphatic carbocycles. The van der Waals surface area contributed by atoms with Crippen LogP contribution in [0.5, 0.6) is 0 Å². The Kier molecular flexibility index (Phi) is 14.5. The number of rotatable bonds is 12. The third kappa shape index (κ3) is 10.7. The number of hydrogen-bond acceptors (Lipinski definition) is 6. The summed E-state index contributed by atoms with van der Waals surface area (Å²) < 4.78 is 4.68. The van der Waals surface area contributed by atoms with Crippen LogP contribution in [0.4, 0.5) is 0 Å². The van der Waals surface area contributed by atoms with E-state index in [1.165, 1.54) is 0 Å². The zero-order chi connectivity index (χ0) is 65.6. The molecule has 0 amide bonds. The Bertz CT molecular complexity index is 5590. The molecule has 0 aliphatic heterocycles. The quantitative estimate of drug-likeness (QED) is 0.120. The molecule has 0 fully saturated rings. The second-order valence-electron chi connectivity index (χ2n) is 24.5. The van der Waals surface area contributed by atoms with Crippen molar-refractivity contribution in [2.45, 2.75) is 0 Å². The van der Waals surface area contributed by atoms with Crippen LogP contribution in [0.15, 0.2) is 328 Å². The van der Waals surface area contributed by atoms with E-state index in [1.54, 1.807) is 0 Å². The van der Waals surface area contributed by atoms with Gasteiger partial charge < -0.3 is 9.13 Å². The maximum Gasteiger partial charge on any atom is 0.164 e. The number of benzene rings is 14. The summed E-state index contributed by atoms with van der Waals surface area (Å²) in [6, 6.07) is 120. The molecular formula is C90H54N8. The lowest BCUT2D eigenvalue weighted by atomic mass is 9.98. The number of nitriles is 3. The number of hydrogen-bond donors (Lipinski definition) is 0. The minimum atomic E-state index is 0.423. The lowest BCUT2D eigenvalue weighted by Crippen LogP contribution is -2.03. The van der Waals surface area contributed by atoms with E-state index >= 15 is 0 Å². The van der Waals surface area contributed by atoms with Crippen molar-refractivity contribution < 1.29 is 0 Å². The van der Waals surface area contributed by atoms with E-state index < -0.39 is 0 Å². The van der Waals surface area contributed by atoms with Crippen LogP contribution < -0.4 is 0 Å². The number of fused-ring (bicyclic) bond motifs is 6. The summed E-state index contributed by atoms with van der Waals surface area (Å²) in [5, 5.41) is 34.9. The topological polar surface area (TPSA) is 120 Å². The predicted octanol–water partition coefficient (Wildman–Crippen LogP) is 22.4. The van der Waals surface area contributed by atoms with Gasteiger partial charge in [0.05, 0.1) is 57.0 Å². The first-order valence-electron chi connectivity index (χ1n) is 32.5. The van der Waals surface area contributed by atoms with Crippen molar-refractivity contribution in [3.8, 4) is 142 Å². The molecule has 3 heterocycles. The molecule has 17 rings (SSSR count). The second kappa shape index (κ2) is 24.6. The van der Waals surface area contributed by atoms with Gasteiger partial charge in [-0.05, 0) is 199 Å². The van der Waals surface area contributed by atoms with Gasteiger partial charge in [0.2, 0.25) is 0 Å². The van der Waals surface area contributed by atoms with Crippen molar-refractivity contribution in [3.63, 3.8) is 0 Å². The van der Waals surface area contributed by atoms with E-state index in [9.17, 15) is 15.8 Å². The third-order valence-electron chi connectivity index (χ3n) is 18.6. The molecular weight excluding hydrogens is 1190 g/mol. The Morgan fingerprint density at radius 3 is 0.878 bits per heavy atom. The summed E-state index contributed by atoms with van der Waals surface area (Å²) in [4.78, 5) is 16.7. The van der Waals surface area contributed by atoms with Crippen LogP contribution in [0.3, 0.4) is 0 Å². The SMILES string of the molecule is N#Cc1ccc(-c2cc(-c3nc(-c4cccc(-c5ccccc5C#N)c4)nc(-c4cc(-c5ccc(C#N)cc5)cc(-n5c6ccc(-c7ccccc7)cc6c6cc(-c7ccccc7)ccc65)c4)n3)cc(-n3c4ccc(-c5ccccc5)cc4c4cc(-c5ccccc5)ccc43)c2)cc1. The summed E-state index contributed by atoms with van der Waals surface area (Å²) >= 11 is 0. The molecule has 0 atom stereocenters. The molecule has 8 heteroatoms. The minimum Gasteiger partial charge on any atom is -0.309 e. The highest BCUT2D eigenvalue weighted by molar-refractivity contribution is 6.13. The standard InChI is InChI=1S/C90H54N8/c91-55-58-28-32-64(33-29-58)73-45-75(49-77(47-73)97-84-40-36-66(60-16-5-1-6-17-60)51-80(84)81-52-67(37-41-85(81)97)61-18-7-2-8-19-61)89-94-88(71-26-15-25-70(44-71)79-27-14-13-24-72(79)57-93)95-90(96-89)76-46-74(65-34-30-59(56-92)31-35-65)48-78(50-76)98-86-42-38-68(62-20-9-3-10-21-62)53-82(86)83-54-69(39-43-87(83)98)63-22-11-4-12-23-63/h1-54H. The highest BCUT2D eigenvalue weighted by atomic mass is 15.0. The van der Waals surface area contributed by atoms with Gasteiger partial charge in [0.25, 0.3) is 0 Å². The first kappa shape index (κ1) is 58.0. The maximum atomic E-state index is 10.4. The third-order valence-corrected chi connectivity index (χ3v) is 18.6. The highest BCUT2D eigenvalue weighted by Gasteiger charge is 2.23. The summed E-state index contributed by atoms with van der Waals surface area (Å²) in [6.07, 6.45) is 0. The first-order valence-corrected chi connectivity index (χ1v) is 32.5. The van der Waals surface area contributed by atoms with Crippen molar-refractivity contribution in [2.24, 2.45) is 0 Å². The molecule has 0 radical (unpaired) electrons. The molecule has 8 nitrogen and oxygen atoms in total. The Hall–Kier alpha value is -13.8. The molecule has 17 aromatic rings. The molecule has 0 N–H and O–H groups in total. The van der Waals surface area contributed by atoms with Gasteiger partial charge in [-0.15, -0.1) is 0 Å². The normalized spacial score (nSPS) is 11.2. The molecule has 0 saturated carbocycles. The van der Waals surface area contributed by atoms with Gasteiger partial charge in [0, 0.05) is 49.6 Å². The molecule has 0 aliphatic rings. The van der Waals surface area contributed by atoms with Crippen LogP contribution in [-0.2, 0) is 0 Å². The molecule has 0 bridgehead atoms. The Morgan fingerprint density at radius 1 is 0.214 bits per heavy atom. The second-order valence-corrected chi connectivity index (χ2v) is 24.5. The smallest absolute Gasteiger partial charge is 0.164 e. The summed E-state index contributed by atoms with van der Waals surface area (Å²) in [5.74, 6) is 1.27. The first-order chi connectivity index (χ1) is 48.4. The summed E-state index contributed by atoms with van der Waals surface area (Å²) in [7, 11) is 0. The average Bonchev–Trinajstić information content (AvgIpc) is 1.58. The molecule has 14 aromatic carbocycles. The molecule has 454 valence electrons. The van der Waals surface area contributed by atoms with Gasteiger partial charge in [-0.25, -0.2) is 15.0 Å². The number of aromatic nitrogens is 5. The van der Waals surface area contributed by atoms with Gasteiger partial charge >= 0.3 is 0 Å². The molecule has 0 spiro atoms. The fraction of sp³-hybridized carbons (Fsp3) is 0. The van der Waals surface area contributed by atoms with E-state index in [4.69, 9.17) is 15.0 Å². The molecule has 0 saturated heterocycles. The van der Waals surface area contributed by atoms with Gasteiger partial charge in [-0.2, -0.15) is 15.8 Å². The fourth-order valence-corrected chi connectivity index (χ4v) is 13.8. The van der Waals surface area contributed by atoms with Crippen molar-refractivity contribution in [2.75, 3.05) is 0 Å². The lowest BCUT2D eigenvalue weighted by Gasteiger charge is -2.16. The maximum absolute atomic E-state index is 10.4. The van der Waals surface area contributed by atoms with Crippen molar-refractivity contribution in [1.29, 1.82) is 15.8 Å². The van der Waals surface area contributed by atoms with Crippen molar-refractivity contribution in [3.05, 3.63) is 344 Å². The largest absolute Gasteiger partial charge is 0.309 e. The average molecular weight is 1250 g/mol. The summed E-state index contributed by atoms with van der Waals surface area (Å²) in [6.45, 7) is 0. The molecule has 98 heavy (non-hydrogen) atoms. The van der Waals surface area contributed by atoms with Crippen LogP contribution in [-0.4, -0.2) is 24.1 Å². The fourth-order valence-electron chi connectivity index (χ4n) is 13.8. The van der Waals surface area contributed by atoms with Gasteiger partial charge in [-0.3, -0.25) is 0 Å². The predicted molar refractivity (Wildman–Crippen MR) is 397 cm³/mol. The van der Waals surface area contributed by atoms with E-state index in [2.05, 4.69) is 234 Å². The number of nitrogens with zero attached hydrogens (tertiary/aromatic N) is 8. The Morgan fingerprint density at radius 2 is 0.510 bits per heavy atom.